The number of carbonyl (C=O) groups excluding carboxylic acids is 3. The Labute approximate surface area is 219 Å². The van der Waals surface area contributed by atoms with E-state index in [-0.39, 0.29) is 31.4 Å². The Bertz CT molecular complexity index is 617. The molecule has 0 aromatic rings. The van der Waals surface area contributed by atoms with Crippen molar-refractivity contribution in [3.05, 3.63) is 12.2 Å². The van der Waals surface area contributed by atoms with Gasteiger partial charge in [0.1, 0.15) is 11.6 Å². The van der Waals surface area contributed by atoms with E-state index in [1.54, 1.807) is 20.8 Å². The summed E-state index contributed by atoms with van der Waals surface area (Å²) in [5, 5.41) is 7.93. The average molecular weight is 511 g/mol. The van der Waals surface area contributed by atoms with Gasteiger partial charge in [0.2, 0.25) is 11.8 Å². The van der Waals surface area contributed by atoms with Gasteiger partial charge in [-0.25, -0.2) is 4.79 Å². The zero-order chi connectivity index (χ0) is 27.1. The van der Waals surface area contributed by atoms with E-state index < -0.39 is 17.7 Å². The highest BCUT2D eigenvalue weighted by atomic mass is 16.6. The van der Waals surface area contributed by atoms with Crippen LogP contribution < -0.4 is 21.7 Å². The molecule has 1 atom stereocenters. The van der Waals surface area contributed by atoms with Crippen molar-refractivity contribution in [2.24, 2.45) is 5.73 Å². The number of nitrogens with one attached hydrogen (secondary N) is 3. The third-order valence-electron chi connectivity index (χ3n) is 5.65. The highest BCUT2D eigenvalue weighted by Crippen LogP contribution is 2.10. The maximum Gasteiger partial charge on any atom is 0.407 e. The predicted octanol–water partition coefficient (Wildman–Crippen LogP) is 5.11. The molecule has 0 heterocycles. The number of ether oxygens (including phenoxy) is 1. The van der Waals surface area contributed by atoms with Gasteiger partial charge in [0, 0.05) is 26.1 Å². The van der Waals surface area contributed by atoms with Gasteiger partial charge in [-0.15, -0.1) is 0 Å². The van der Waals surface area contributed by atoms with Crippen molar-refractivity contribution in [3.63, 3.8) is 0 Å². The Morgan fingerprint density at radius 2 is 1.33 bits per heavy atom. The molecule has 0 radical (unpaired) electrons. The van der Waals surface area contributed by atoms with Crippen molar-refractivity contribution in [1.29, 1.82) is 0 Å². The van der Waals surface area contributed by atoms with E-state index >= 15 is 0 Å². The molecule has 5 N–H and O–H groups in total. The summed E-state index contributed by atoms with van der Waals surface area (Å²) in [5.41, 5.74) is 5.08. The van der Waals surface area contributed by atoms with Crippen LogP contribution >= 0.6 is 0 Å². The fourth-order valence-corrected chi connectivity index (χ4v) is 3.64. The van der Waals surface area contributed by atoms with Gasteiger partial charge in [0.15, 0.2) is 0 Å². The SMILES string of the molecule is CCCCCCCC/C=C\CCCCCCCC(=O)NC(CN)C(=O)NCCNC(=O)OC(C)(C)C. The summed E-state index contributed by atoms with van der Waals surface area (Å²) in [6, 6.07) is -0.776. The maximum atomic E-state index is 12.2. The minimum absolute atomic E-state index is 0.0173. The molecular formula is C28H54N4O4. The molecule has 3 amide bonds. The van der Waals surface area contributed by atoms with Crippen LogP contribution in [0, 0.1) is 0 Å². The lowest BCUT2D eigenvalue weighted by Gasteiger charge is -2.20. The van der Waals surface area contributed by atoms with Gasteiger partial charge in [-0.1, -0.05) is 70.4 Å². The van der Waals surface area contributed by atoms with Gasteiger partial charge in [0.25, 0.3) is 0 Å². The lowest BCUT2D eigenvalue weighted by molar-refractivity contribution is -0.128. The van der Waals surface area contributed by atoms with Crippen LogP contribution in [0.1, 0.15) is 118 Å². The molecule has 0 aliphatic carbocycles. The predicted molar refractivity (Wildman–Crippen MR) is 148 cm³/mol. The highest BCUT2D eigenvalue weighted by molar-refractivity contribution is 5.87. The summed E-state index contributed by atoms with van der Waals surface area (Å²) in [6.07, 6.45) is 20.2. The maximum absolute atomic E-state index is 12.2. The van der Waals surface area contributed by atoms with Gasteiger partial charge in [-0.05, 0) is 52.9 Å². The summed E-state index contributed by atoms with van der Waals surface area (Å²) in [4.78, 5) is 36.0. The highest BCUT2D eigenvalue weighted by Gasteiger charge is 2.19. The van der Waals surface area contributed by atoms with Gasteiger partial charge in [-0.3, -0.25) is 9.59 Å². The minimum atomic E-state index is -0.776. The molecule has 0 fully saturated rings. The molecule has 0 aliphatic heterocycles. The van der Waals surface area contributed by atoms with Crippen LogP contribution in [0.2, 0.25) is 0 Å². The Morgan fingerprint density at radius 1 is 0.806 bits per heavy atom. The summed E-state index contributed by atoms with van der Waals surface area (Å²) < 4.78 is 5.13. The third kappa shape index (κ3) is 22.4. The molecular weight excluding hydrogens is 456 g/mol. The molecule has 8 heteroatoms. The first-order valence-corrected chi connectivity index (χ1v) is 14.1. The third-order valence-corrected chi connectivity index (χ3v) is 5.65. The monoisotopic (exact) mass is 510 g/mol. The zero-order valence-electron chi connectivity index (χ0n) is 23.5. The Morgan fingerprint density at radius 3 is 1.89 bits per heavy atom. The number of rotatable bonds is 21. The topological polar surface area (TPSA) is 123 Å². The van der Waals surface area contributed by atoms with Crippen molar-refractivity contribution < 1.29 is 19.1 Å². The summed E-state index contributed by atoms with van der Waals surface area (Å²) >= 11 is 0. The van der Waals surface area contributed by atoms with E-state index in [1.807, 2.05) is 0 Å². The number of allylic oxidation sites excluding steroid dienone is 2. The lowest BCUT2D eigenvalue weighted by atomic mass is 10.1. The average Bonchev–Trinajstić information content (AvgIpc) is 2.81. The first kappa shape index (κ1) is 33.9. The van der Waals surface area contributed by atoms with Crippen LogP contribution in [0.3, 0.4) is 0 Å². The summed E-state index contributed by atoms with van der Waals surface area (Å²) in [7, 11) is 0. The number of nitrogens with two attached hydrogens (primary N) is 1. The molecule has 0 spiro atoms. The van der Waals surface area contributed by atoms with E-state index in [0.717, 1.165) is 25.7 Å². The molecule has 0 aromatic carbocycles. The first-order chi connectivity index (χ1) is 17.2. The fourth-order valence-electron chi connectivity index (χ4n) is 3.64. The summed E-state index contributed by atoms with van der Waals surface area (Å²) in [6.45, 7) is 8.04. The van der Waals surface area contributed by atoms with Crippen molar-refractivity contribution in [2.75, 3.05) is 19.6 Å². The Balaban J connectivity index is 3.74. The van der Waals surface area contributed by atoms with Gasteiger partial charge in [-0.2, -0.15) is 0 Å². The van der Waals surface area contributed by atoms with Crippen LogP contribution in [0.5, 0.6) is 0 Å². The number of hydrogen-bond acceptors (Lipinski definition) is 5. The lowest BCUT2D eigenvalue weighted by Crippen LogP contribution is -2.51. The van der Waals surface area contributed by atoms with Crippen molar-refractivity contribution in [3.8, 4) is 0 Å². The largest absolute Gasteiger partial charge is 0.444 e. The van der Waals surface area contributed by atoms with E-state index in [4.69, 9.17) is 10.5 Å². The number of carbonyl (C=O) groups is 3. The van der Waals surface area contributed by atoms with Crippen molar-refractivity contribution >= 4 is 17.9 Å². The molecule has 8 nitrogen and oxygen atoms in total. The number of unbranched alkanes of at least 4 members (excludes halogenated alkanes) is 11. The van der Waals surface area contributed by atoms with E-state index in [1.165, 1.54) is 57.8 Å². The number of hydrogen-bond donors (Lipinski definition) is 4. The number of amides is 3. The Hall–Kier alpha value is -2.09. The molecule has 0 saturated heterocycles. The fraction of sp³-hybridized carbons (Fsp3) is 0.821. The molecule has 36 heavy (non-hydrogen) atoms. The van der Waals surface area contributed by atoms with Crippen molar-refractivity contribution in [2.45, 2.75) is 129 Å². The standard InChI is InChI=1S/C28H54N4O4/c1-5-6-7-8-9-10-11-12-13-14-15-16-17-18-19-20-25(33)32-24(23-29)26(34)30-21-22-31-27(35)36-28(2,3)4/h12-13,24H,5-11,14-23,29H2,1-4H3,(H,30,34)(H,31,35)(H,32,33)/b13-12-. The van der Waals surface area contributed by atoms with E-state index in [9.17, 15) is 14.4 Å². The van der Waals surface area contributed by atoms with Gasteiger partial charge < -0.3 is 26.4 Å². The van der Waals surface area contributed by atoms with Crippen LogP contribution in [0.15, 0.2) is 12.2 Å². The molecule has 0 rings (SSSR count). The second-order valence-electron chi connectivity index (χ2n) is 10.4. The molecule has 1 unspecified atom stereocenters. The van der Waals surface area contributed by atoms with E-state index in [0.29, 0.717) is 6.42 Å². The van der Waals surface area contributed by atoms with Crippen LogP contribution in [-0.2, 0) is 14.3 Å². The Kier molecular flexibility index (Phi) is 20.8. The minimum Gasteiger partial charge on any atom is -0.444 e. The smallest absolute Gasteiger partial charge is 0.407 e. The normalized spacial score (nSPS) is 12.4. The second kappa shape index (κ2) is 22.1. The molecule has 0 aliphatic rings. The quantitative estimate of drug-likeness (QED) is 0.126. The zero-order valence-corrected chi connectivity index (χ0v) is 23.5. The van der Waals surface area contributed by atoms with Gasteiger partial charge in [0.05, 0.1) is 0 Å². The van der Waals surface area contributed by atoms with E-state index in [2.05, 4.69) is 35.0 Å². The first-order valence-electron chi connectivity index (χ1n) is 14.1. The molecule has 0 aromatic heterocycles. The molecule has 0 saturated carbocycles. The number of alkyl carbamates (subject to hydrolysis) is 1. The summed E-state index contributed by atoms with van der Waals surface area (Å²) in [5.74, 6) is -0.522. The van der Waals surface area contributed by atoms with Crippen LogP contribution in [0.4, 0.5) is 4.79 Å². The molecule has 210 valence electrons. The van der Waals surface area contributed by atoms with Gasteiger partial charge >= 0.3 is 6.09 Å². The van der Waals surface area contributed by atoms with Crippen LogP contribution in [0.25, 0.3) is 0 Å². The van der Waals surface area contributed by atoms with Crippen molar-refractivity contribution in [1.82, 2.24) is 16.0 Å². The second-order valence-corrected chi connectivity index (χ2v) is 10.4. The van der Waals surface area contributed by atoms with Crippen LogP contribution in [-0.4, -0.2) is 49.2 Å². The molecule has 0 bridgehead atoms.